The third-order valence-corrected chi connectivity index (χ3v) is 3.91. The first kappa shape index (κ1) is 13.5. The second kappa shape index (κ2) is 5.84. The van der Waals surface area contributed by atoms with E-state index in [4.69, 9.17) is 9.84 Å². The van der Waals surface area contributed by atoms with Crippen LogP contribution >= 0.6 is 11.3 Å². The molecule has 1 N–H and O–H groups in total. The molecule has 1 heterocycles. The lowest BCUT2D eigenvalue weighted by atomic mass is 10.1. The summed E-state index contributed by atoms with van der Waals surface area (Å²) in [4.78, 5) is 16.2. The largest absolute Gasteiger partial charge is 0.481 e. The van der Waals surface area contributed by atoms with Crippen LogP contribution in [0, 0.1) is 0 Å². The van der Waals surface area contributed by atoms with Gasteiger partial charge in [-0.05, 0) is 25.5 Å². The molecular formula is C14H15NO3S. The van der Waals surface area contributed by atoms with Gasteiger partial charge in [-0.3, -0.25) is 4.79 Å². The number of aliphatic carboxylic acids is 1. The average molecular weight is 277 g/mol. The summed E-state index contributed by atoms with van der Waals surface area (Å²) in [5.74, 6) is -0.696. The normalized spacial score (nSPS) is 12.1. The van der Waals surface area contributed by atoms with E-state index in [1.165, 1.54) is 11.3 Å². The van der Waals surface area contributed by atoms with Crippen molar-refractivity contribution < 1.29 is 14.6 Å². The number of hydrogen-bond acceptors (Lipinski definition) is 4. The molecule has 4 nitrogen and oxygen atoms in total. The van der Waals surface area contributed by atoms with Gasteiger partial charge in [0, 0.05) is 4.88 Å². The second-order valence-electron chi connectivity index (χ2n) is 4.12. The minimum Gasteiger partial charge on any atom is -0.481 e. The van der Waals surface area contributed by atoms with Crippen molar-refractivity contribution >= 4 is 17.3 Å². The molecule has 19 heavy (non-hydrogen) atoms. The van der Waals surface area contributed by atoms with E-state index >= 15 is 0 Å². The number of aryl methyl sites for hydroxylation is 1. The van der Waals surface area contributed by atoms with Gasteiger partial charge in [0.05, 0.1) is 11.6 Å². The molecule has 0 radical (unpaired) electrons. The number of carbonyl (C=O) groups is 1. The lowest BCUT2D eigenvalue weighted by Crippen LogP contribution is -2.07. The van der Waals surface area contributed by atoms with E-state index in [0.29, 0.717) is 17.4 Å². The third kappa shape index (κ3) is 3.12. The highest BCUT2D eigenvalue weighted by atomic mass is 32.1. The topological polar surface area (TPSA) is 59.4 Å². The molecule has 1 unspecified atom stereocenters. The van der Waals surface area contributed by atoms with Gasteiger partial charge in [0.15, 0.2) is 0 Å². The maximum absolute atomic E-state index is 11.1. The molecule has 0 spiro atoms. The fourth-order valence-corrected chi connectivity index (χ4v) is 2.75. The smallest absolute Gasteiger partial charge is 0.311 e. The van der Waals surface area contributed by atoms with E-state index in [0.717, 1.165) is 10.6 Å². The van der Waals surface area contributed by atoms with Gasteiger partial charge in [0.25, 0.3) is 5.19 Å². The lowest BCUT2D eigenvalue weighted by molar-refractivity contribution is -0.138. The first-order valence-electron chi connectivity index (χ1n) is 6.07. The van der Waals surface area contributed by atoms with Gasteiger partial charge in [-0.25, -0.2) is 4.98 Å². The van der Waals surface area contributed by atoms with Crippen molar-refractivity contribution in [3.63, 3.8) is 0 Å². The van der Waals surface area contributed by atoms with E-state index < -0.39 is 11.9 Å². The zero-order valence-electron chi connectivity index (χ0n) is 10.8. The zero-order chi connectivity index (χ0) is 13.8. The summed E-state index contributed by atoms with van der Waals surface area (Å²) in [6.45, 7) is 3.63. The highest BCUT2D eigenvalue weighted by Crippen LogP contribution is 2.34. The Hall–Kier alpha value is -1.88. The molecule has 100 valence electrons. The molecule has 0 bridgehead atoms. The van der Waals surface area contributed by atoms with Crippen molar-refractivity contribution in [3.05, 3.63) is 40.9 Å². The summed E-state index contributed by atoms with van der Waals surface area (Å²) >= 11 is 1.30. The Morgan fingerprint density at radius 3 is 2.68 bits per heavy atom. The van der Waals surface area contributed by atoms with Gasteiger partial charge >= 0.3 is 5.97 Å². The van der Waals surface area contributed by atoms with Gasteiger partial charge < -0.3 is 9.84 Å². The number of nitrogens with zero attached hydrogens (tertiary/aromatic N) is 1. The fourth-order valence-electron chi connectivity index (χ4n) is 1.68. The maximum Gasteiger partial charge on any atom is 0.311 e. The maximum atomic E-state index is 11.1. The molecule has 0 saturated carbocycles. The highest BCUT2D eigenvalue weighted by molar-refractivity contribution is 7.13. The Kier molecular flexibility index (Phi) is 4.16. The van der Waals surface area contributed by atoms with Crippen LogP contribution in [0.15, 0.2) is 30.3 Å². The number of hydrogen-bond donors (Lipinski definition) is 1. The first-order chi connectivity index (χ1) is 9.11. The summed E-state index contributed by atoms with van der Waals surface area (Å²) in [6.07, 6.45) is 0.696. The molecule has 1 aromatic carbocycles. The van der Waals surface area contributed by atoms with Gasteiger partial charge in [0.2, 0.25) is 0 Å². The number of carboxylic acids is 1. The molecular weight excluding hydrogens is 262 g/mol. The number of para-hydroxylation sites is 1. The Morgan fingerprint density at radius 1 is 1.42 bits per heavy atom. The predicted octanol–water partition coefficient (Wildman–Crippen LogP) is 3.69. The summed E-state index contributed by atoms with van der Waals surface area (Å²) in [5.41, 5.74) is 0.797. The Balaban J connectivity index is 2.26. The zero-order valence-corrected chi connectivity index (χ0v) is 11.6. The third-order valence-electron chi connectivity index (χ3n) is 2.75. The van der Waals surface area contributed by atoms with Crippen molar-refractivity contribution in [2.75, 3.05) is 0 Å². The fraction of sp³-hybridized carbons (Fsp3) is 0.286. The van der Waals surface area contributed by atoms with Crippen LogP contribution in [-0.2, 0) is 11.2 Å². The number of benzene rings is 1. The van der Waals surface area contributed by atoms with Crippen LogP contribution < -0.4 is 4.74 Å². The van der Waals surface area contributed by atoms with E-state index in [-0.39, 0.29) is 0 Å². The number of ether oxygens (including phenoxy) is 1. The Bertz CT molecular complexity index is 565. The van der Waals surface area contributed by atoms with Crippen molar-refractivity contribution in [1.82, 2.24) is 4.98 Å². The minimum atomic E-state index is -0.843. The Labute approximate surface area is 115 Å². The first-order valence-corrected chi connectivity index (χ1v) is 6.88. The van der Waals surface area contributed by atoms with Crippen LogP contribution in [0.3, 0.4) is 0 Å². The molecule has 1 atom stereocenters. The monoisotopic (exact) mass is 277 g/mol. The quantitative estimate of drug-likeness (QED) is 0.905. The average Bonchev–Trinajstić information content (AvgIpc) is 2.81. The molecule has 2 rings (SSSR count). The predicted molar refractivity (Wildman–Crippen MR) is 74.1 cm³/mol. The van der Waals surface area contributed by atoms with Crippen molar-refractivity contribution in [3.8, 4) is 10.9 Å². The molecule has 0 amide bonds. The van der Waals surface area contributed by atoms with Crippen LogP contribution in [0.2, 0.25) is 0 Å². The number of aromatic nitrogens is 1. The number of carboxylic acid groups (broad SMARTS) is 1. The lowest BCUT2D eigenvalue weighted by Gasteiger charge is -2.03. The SMILES string of the molecule is CCc1nc(Oc2ccccc2)sc1C(C)C(=O)O. The molecule has 5 heteroatoms. The van der Waals surface area contributed by atoms with Crippen LogP contribution in [0.5, 0.6) is 10.9 Å². The molecule has 1 aromatic heterocycles. The number of rotatable bonds is 5. The summed E-state index contributed by atoms with van der Waals surface area (Å²) < 4.78 is 5.65. The van der Waals surface area contributed by atoms with E-state index in [1.54, 1.807) is 6.92 Å². The summed E-state index contributed by atoms with van der Waals surface area (Å²) in [7, 11) is 0. The standard InChI is InChI=1S/C14H15NO3S/c1-3-11-12(9(2)13(16)17)19-14(15-11)18-10-7-5-4-6-8-10/h4-9H,3H2,1-2H3,(H,16,17). The van der Waals surface area contributed by atoms with Crippen LogP contribution in [-0.4, -0.2) is 16.1 Å². The van der Waals surface area contributed by atoms with Gasteiger partial charge in [-0.2, -0.15) is 0 Å². The van der Waals surface area contributed by atoms with E-state index in [2.05, 4.69) is 4.98 Å². The molecule has 0 aliphatic rings. The summed E-state index contributed by atoms with van der Waals surface area (Å²) in [6, 6.07) is 9.35. The van der Waals surface area contributed by atoms with Crippen LogP contribution in [0.4, 0.5) is 0 Å². The van der Waals surface area contributed by atoms with Gasteiger partial charge in [-0.15, -0.1) is 0 Å². The second-order valence-corrected chi connectivity index (χ2v) is 5.11. The van der Waals surface area contributed by atoms with Gasteiger partial charge in [-0.1, -0.05) is 36.5 Å². The van der Waals surface area contributed by atoms with Crippen molar-refractivity contribution in [2.24, 2.45) is 0 Å². The van der Waals surface area contributed by atoms with Crippen LogP contribution in [0.25, 0.3) is 0 Å². The van der Waals surface area contributed by atoms with E-state index in [9.17, 15) is 4.79 Å². The van der Waals surface area contributed by atoms with Crippen molar-refractivity contribution in [2.45, 2.75) is 26.2 Å². The molecule has 0 aliphatic carbocycles. The molecule has 0 aliphatic heterocycles. The van der Waals surface area contributed by atoms with Crippen molar-refractivity contribution in [1.29, 1.82) is 0 Å². The van der Waals surface area contributed by atoms with Gasteiger partial charge in [0.1, 0.15) is 5.75 Å². The molecule has 0 fully saturated rings. The minimum absolute atomic E-state index is 0.492. The Morgan fingerprint density at radius 2 is 2.11 bits per heavy atom. The highest BCUT2D eigenvalue weighted by Gasteiger charge is 2.22. The van der Waals surface area contributed by atoms with E-state index in [1.807, 2.05) is 37.3 Å². The molecule has 0 saturated heterocycles. The van der Waals surface area contributed by atoms with Crippen LogP contribution in [0.1, 0.15) is 30.3 Å². The number of thiazole rings is 1. The molecule has 2 aromatic rings. The summed E-state index contributed by atoms with van der Waals surface area (Å²) in [5, 5.41) is 9.58.